The first-order valence-electron chi connectivity index (χ1n) is 7.10. The van der Waals surface area contributed by atoms with Crippen LogP contribution in [0.15, 0.2) is 54.6 Å². The zero-order valence-electron chi connectivity index (χ0n) is 12.0. The van der Waals surface area contributed by atoms with Gasteiger partial charge in [0.25, 0.3) is 0 Å². The van der Waals surface area contributed by atoms with Crippen LogP contribution in [0.4, 0.5) is 0 Å². The van der Waals surface area contributed by atoms with Crippen molar-refractivity contribution < 1.29 is 9.59 Å². The predicted molar refractivity (Wildman–Crippen MR) is 80.5 cm³/mol. The van der Waals surface area contributed by atoms with Gasteiger partial charge in [-0.15, -0.1) is 0 Å². The number of imide groups is 1. The zero-order valence-corrected chi connectivity index (χ0v) is 12.0. The first kappa shape index (κ1) is 13.6. The zero-order chi connectivity index (χ0) is 14.8. The van der Waals surface area contributed by atoms with E-state index < -0.39 is 0 Å². The van der Waals surface area contributed by atoms with Crippen molar-refractivity contribution in [2.24, 2.45) is 0 Å². The van der Waals surface area contributed by atoms with Crippen LogP contribution in [0, 0.1) is 6.92 Å². The molecule has 1 unspecified atom stereocenters. The van der Waals surface area contributed by atoms with Crippen LogP contribution < -0.4 is 0 Å². The van der Waals surface area contributed by atoms with E-state index in [0.717, 1.165) is 16.7 Å². The molecule has 1 saturated heterocycles. The van der Waals surface area contributed by atoms with Crippen LogP contribution >= 0.6 is 0 Å². The second kappa shape index (κ2) is 5.52. The third kappa shape index (κ3) is 2.59. The molecule has 1 fully saturated rings. The first-order valence-corrected chi connectivity index (χ1v) is 7.10. The molecule has 2 amide bonds. The molecule has 0 bridgehead atoms. The van der Waals surface area contributed by atoms with E-state index in [9.17, 15) is 9.59 Å². The number of amides is 2. The second-order valence-corrected chi connectivity index (χ2v) is 5.42. The van der Waals surface area contributed by atoms with E-state index in [-0.39, 0.29) is 24.2 Å². The molecule has 1 atom stereocenters. The average molecular weight is 279 g/mol. The average Bonchev–Trinajstić information content (AvgIpc) is 2.77. The molecule has 106 valence electrons. The minimum Gasteiger partial charge on any atom is -0.278 e. The van der Waals surface area contributed by atoms with E-state index in [4.69, 9.17) is 0 Å². The van der Waals surface area contributed by atoms with Crippen LogP contribution in [0.5, 0.6) is 0 Å². The molecule has 1 heterocycles. The molecule has 0 aromatic heterocycles. The number of carbonyl (C=O) groups excluding carboxylic acids is 2. The third-order valence-electron chi connectivity index (χ3n) is 3.99. The fourth-order valence-corrected chi connectivity index (χ4v) is 2.84. The topological polar surface area (TPSA) is 37.4 Å². The number of hydrogen-bond acceptors (Lipinski definition) is 2. The Labute approximate surface area is 124 Å². The van der Waals surface area contributed by atoms with Gasteiger partial charge in [-0.25, -0.2) is 0 Å². The Balaban J connectivity index is 1.84. The van der Waals surface area contributed by atoms with Gasteiger partial charge in [0, 0.05) is 6.42 Å². The molecule has 3 heteroatoms. The maximum absolute atomic E-state index is 12.6. The van der Waals surface area contributed by atoms with Gasteiger partial charge in [0.2, 0.25) is 11.8 Å². The second-order valence-electron chi connectivity index (χ2n) is 5.42. The van der Waals surface area contributed by atoms with Crippen LogP contribution in [0.1, 0.15) is 29.0 Å². The highest BCUT2D eigenvalue weighted by Crippen LogP contribution is 2.32. The summed E-state index contributed by atoms with van der Waals surface area (Å²) in [4.78, 5) is 26.1. The maximum Gasteiger partial charge on any atom is 0.237 e. The smallest absolute Gasteiger partial charge is 0.237 e. The molecule has 1 aliphatic heterocycles. The summed E-state index contributed by atoms with van der Waals surface area (Å²) in [5.74, 6) is -0.502. The lowest BCUT2D eigenvalue weighted by atomic mass is 9.93. The summed E-state index contributed by atoms with van der Waals surface area (Å²) in [5.41, 5.74) is 3.00. The quantitative estimate of drug-likeness (QED) is 0.810. The minimum absolute atomic E-state index is 0.0850. The van der Waals surface area contributed by atoms with Gasteiger partial charge in [-0.1, -0.05) is 54.6 Å². The molecule has 2 aromatic rings. The Kier molecular flexibility index (Phi) is 3.57. The number of hydrogen-bond donors (Lipinski definition) is 0. The largest absolute Gasteiger partial charge is 0.278 e. The van der Waals surface area contributed by atoms with Crippen molar-refractivity contribution in [3.8, 4) is 0 Å². The van der Waals surface area contributed by atoms with Gasteiger partial charge in [0.15, 0.2) is 0 Å². The van der Waals surface area contributed by atoms with Crippen LogP contribution in [0.3, 0.4) is 0 Å². The SMILES string of the molecule is Cc1ccccc1C1CC(=O)N(Cc2ccccc2)C1=O. The Bertz CT molecular complexity index is 679. The van der Waals surface area contributed by atoms with E-state index in [1.807, 2.05) is 61.5 Å². The van der Waals surface area contributed by atoms with E-state index in [1.165, 1.54) is 4.90 Å². The molecule has 21 heavy (non-hydrogen) atoms. The molecule has 0 N–H and O–H groups in total. The number of benzene rings is 2. The van der Waals surface area contributed by atoms with Gasteiger partial charge >= 0.3 is 0 Å². The van der Waals surface area contributed by atoms with Gasteiger partial charge in [-0.3, -0.25) is 14.5 Å². The summed E-state index contributed by atoms with van der Waals surface area (Å²) in [6.45, 7) is 2.34. The third-order valence-corrected chi connectivity index (χ3v) is 3.99. The van der Waals surface area contributed by atoms with E-state index in [0.29, 0.717) is 6.54 Å². The number of likely N-dealkylation sites (tertiary alicyclic amines) is 1. The first-order chi connectivity index (χ1) is 10.2. The summed E-state index contributed by atoms with van der Waals surface area (Å²) in [5, 5.41) is 0. The number of rotatable bonds is 3. The fourth-order valence-electron chi connectivity index (χ4n) is 2.84. The Morgan fingerprint density at radius 1 is 1.00 bits per heavy atom. The molecule has 0 spiro atoms. The van der Waals surface area contributed by atoms with E-state index in [1.54, 1.807) is 0 Å². The van der Waals surface area contributed by atoms with Crippen molar-refractivity contribution >= 4 is 11.8 Å². The minimum atomic E-state index is -0.331. The van der Waals surface area contributed by atoms with Crippen molar-refractivity contribution in [3.63, 3.8) is 0 Å². The molecule has 3 rings (SSSR count). The van der Waals surface area contributed by atoms with Gasteiger partial charge in [-0.2, -0.15) is 0 Å². The summed E-state index contributed by atoms with van der Waals surface area (Å²) >= 11 is 0. The summed E-state index contributed by atoms with van der Waals surface area (Å²) < 4.78 is 0. The van der Waals surface area contributed by atoms with E-state index >= 15 is 0 Å². The highest BCUT2D eigenvalue weighted by Gasteiger charge is 2.39. The Hall–Kier alpha value is -2.42. The molecular formula is C18H17NO2. The van der Waals surface area contributed by atoms with Crippen LogP contribution in [0.2, 0.25) is 0 Å². The number of nitrogens with zero attached hydrogens (tertiary/aromatic N) is 1. The summed E-state index contributed by atoms with van der Waals surface area (Å²) in [6, 6.07) is 17.4. The van der Waals surface area contributed by atoms with Crippen molar-refractivity contribution in [1.82, 2.24) is 4.90 Å². The van der Waals surface area contributed by atoms with Crippen molar-refractivity contribution in [1.29, 1.82) is 0 Å². The van der Waals surface area contributed by atoms with Crippen molar-refractivity contribution in [2.75, 3.05) is 0 Å². The maximum atomic E-state index is 12.6. The normalized spacial score (nSPS) is 18.3. The molecule has 2 aromatic carbocycles. The van der Waals surface area contributed by atoms with E-state index in [2.05, 4.69) is 0 Å². The Morgan fingerprint density at radius 2 is 1.67 bits per heavy atom. The molecule has 1 aliphatic rings. The highest BCUT2D eigenvalue weighted by molar-refractivity contribution is 6.06. The molecular weight excluding hydrogens is 262 g/mol. The molecule has 0 aliphatic carbocycles. The molecule has 0 radical (unpaired) electrons. The molecule has 3 nitrogen and oxygen atoms in total. The molecule has 0 saturated carbocycles. The monoisotopic (exact) mass is 279 g/mol. The van der Waals surface area contributed by atoms with Crippen LogP contribution in [-0.2, 0) is 16.1 Å². The van der Waals surface area contributed by atoms with Gasteiger partial charge in [0.05, 0.1) is 12.5 Å². The fraction of sp³-hybridized carbons (Fsp3) is 0.222. The lowest BCUT2D eigenvalue weighted by molar-refractivity contribution is -0.139. The lowest BCUT2D eigenvalue weighted by Gasteiger charge is -2.16. The summed E-state index contributed by atoms with van der Waals surface area (Å²) in [7, 11) is 0. The summed E-state index contributed by atoms with van der Waals surface area (Å²) in [6.07, 6.45) is 0.274. The van der Waals surface area contributed by atoms with Crippen molar-refractivity contribution in [2.45, 2.75) is 25.8 Å². The lowest BCUT2D eigenvalue weighted by Crippen LogP contribution is -2.29. The van der Waals surface area contributed by atoms with Gasteiger partial charge in [-0.05, 0) is 23.6 Å². The van der Waals surface area contributed by atoms with Crippen LogP contribution in [-0.4, -0.2) is 16.7 Å². The predicted octanol–water partition coefficient (Wildman–Crippen LogP) is 3.04. The Morgan fingerprint density at radius 3 is 2.38 bits per heavy atom. The highest BCUT2D eigenvalue weighted by atomic mass is 16.2. The van der Waals surface area contributed by atoms with Gasteiger partial charge < -0.3 is 0 Å². The number of aryl methyl sites for hydroxylation is 1. The standard InChI is InChI=1S/C18H17NO2/c1-13-7-5-6-10-15(13)16-11-17(20)19(18(16)21)12-14-8-3-2-4-9-14/h2-10,16H,11-12H2,1H3. The van der Waals surface area contributed by atoms with Crippen LogP contribution in [0.25, 0.3) is 0 Å². The van der Waals surface area contributed by atoms with Crippen molar-refractivity contribution in [3.05, 3.63) is 71.3 Å². The van der Waals surface area contributed by atoms with Gasteiger partial charge in [0.1, 0.15) is 0 Å². The number of carbonyl (C=O) groups is 2.